The van der Waals surface area contributed by atoms with E-state index < -0.39 is 52.9 Å². The summed E-state index contributed by atoms with van der Waals surface area (Å²) in [5.74, 6) is -3.09. The SMILES string of the molecule is COc1c2c3c4c(c(OC)c(=O)c5c(O)cc(CO)c(c6c(CO)cc(O)c(c1=O)c63)c54)C(C(C)=O)C(C)(O)C2. The molecule has 5 aromatic carbocycles. The van der Waals surface area contributed by atoms with Crippen molar-refractivity contribution in [3.05, 3.63) is 54.8 Å². The fraction of sp³-hybridized carbons (Fsp3) is 0.300. The van der Waals surface area contributed by atoms with E-state index in [1.165, 1.54) is 40.2 Å². The first-order chi connectivity index (χ1) is 18.9. The van der Waals surface area contributed by atoms with Crippen molar-refractivity contribution in [2.24, 2.45) is 0 Å². The van der Waals surface area contributed by atoms with Gasteiger partial charge in [0.25, 0.3) is 0 Å². The third-order valence-corrected chi connectivity index (χ3v) is 8.33. The van der Waals surface area contributed by atoms with Crippen molar-refractivity contribution in [2.75, 3.05) is 14.2 Å². The van der Waals surface area contributed by atoms with E-state index >= 15 is 0 Å². The zero-order chi connectivity index (χ0) is 29.0. The highest BCUT2D eigenvalue weighted by molar-refractivity contribution is 6.37. The lowest BCUT2D eigenvalue weighted by atomic mass is 9.76. The molecule has 0 fully saturated rings. The normalized spacial score (nSPS) is 18.8. The number of phenols is 2. The highest BCUT2D eigenvalue weighted by atomic mass is 16.5. The molecular formula is C30H26O10. The molecule has 0 aliphatic heterocycles. The summed E-state index contributed by atoms with van der Waals surface area (Å²) in [6.45, 7) is 1.54. The van der Waals surface area contributed by atoms with Crippen LogP contribution in [-0.2, 0) is 24.4 Å². The molecule has 1 aliphatic rings. The molecule has 0 radical (unpaired) electrons. The number of aromatic hydroxyl groups is 2. The molecule has 0 aromatic heterocycles. The van der Waals surface area contributed by atoms with Gasteiger partial charge in [-0.05, 0) is 58.7 Å². The van der Waals surface area contributed by atoms with E-state index in [1.807, 2.05) is 0 Å². The largest absolute Gasteiger partial charge is 0.507 e. The highest BCUT2D eigenvalue weighted by Crippen LogP contribution is 2.55. The maximum atomic E-state index is 14.0. The zero-order valence-corrected chi connectivity index (χ0v) is 22.1. The summed E-state index contributed by atoms with van der Waals surface area (Å²) in [5, 5.41) is 56.0. The highest BCUT2D eigenvalue weighted by Gasteiger charge is 2.45. The van der Waals surface area contributed by atoms with E-state index in [-0.39, 0.29) is 77.9 Å². The second-order valence-corrected chi connectivity index (χ2v) is 10.6. The number of hydrogen-bond acceptors (Lipinski definition) is 10. The number of hydrogen-bond donors (Lipinski definition) is 5. The van der Waals surface area contributed by atoms with Gasteiger partial charge in [-0.15, -0.1) is 0 Å². The molecule has 1 aliphatic carbocycles. The van der Waals surface area contributed by atoms with Crippen molar-refractivity contribution in [3.63, 3.8) is 0 Å². The molecule has 0 spiro atoms. The van der Waals surface area contributed by atoms with Gasteiger partial charge in [-0.25, -0.2) is 0 Å². The van der Waals surface area contributed by atoms with Gasteiger partial charge < -0.3 is 35.0 Å². The van der Waals surface area contributed by atoms with Crippen LogP contribution in [-0.4, -0.2) is 51.1 Å². The number of aliphatic hydroxyl groups excluding tert-OH is 2. The fourth-order valence-electron chi connectivity index (χ4n) is 7.04. The Bertz CT molecular complexity index is 2040. The smallest absolute Gasteiger partial charge is 0.232 e. The molecule has 5 N–H and O–H groups in total. The number of carbonyl (C=O) groups excluding carboxylic acids is 1. The van der Waals surface area contributed by atoms with E-state index in [1.54, 1.807) is 0 Å². The maximum Gasteiger partial charge on any atom is 0.232 e. The minimum atomic E-state index is -1.84. The van der Waals surface area contributed by atoms with E-state index in [0.29, 0.717) is 5.39 Å². The third-order valence-electron chi connectivity index (χ3n) is 8.33. The van der Waals surface area contributed by atoms with Gasteiger partial charge >= 0.3 is 0 Å². The number of methoxy groups -OCH3 is 2. The van der Waals surface area contributed by atoms with Gasteiger partial charge in [-0.2, -0.15) is 0 Å². The third kappa shape index (κ3) is 2.95. The molecule has 206 valence electrons. The molecule has 40 heavy (non-hydrogen) atoms. The quantitative estimate of drug-likeness (QED) is 0.163. The van der Waals surface area contributed by atoms with E-state index in [9.17, 15) is 39.9 Å². The molecule has 10 nitrogen and oxygen atoms in total. The van der Waals surface area contributed by atoms with Crippen molar-refractivity contribution >= 4 is 48.9 Å². The lowest BCUT2D eigenvalue weighted by Gasteiger charge is -2.31. The molecule has 0 saturated carbocycles. The number of aliphatic hydroxyl groups is 3. The average molecular weight is 547 g/mol. The second-order valence-electron chi connectivity index (χ2n) is 10.6. The molecule has 0 heterocycles. The molecule has 0 saturated heterocycles. The standard InChI is InChI=1S/C30H26O10/c1-10(33)25-24-23-18-13(7-30(25,2)38)28(39-3)26(36)19-14(34)5-11(8-31)16(21(18)19)17-12(9-32)6-15(35)20(22(17)23)27(37)29(24)40-4/h5-6,25,31-32,34-35,38H,7-9H2,1-4H3. The maximum absolute atomic E-state index is 14.0. The van der Waals surface area contributed by atoms with Crippen LogP contribution in [0.4, 0.5) is 0 Å². The number of ketones is 1. The lowest BCUT2D eigenvalue weighted by Crippen LogP contribution is -2.39. The predicted octanol–water partition coefficient (Wildman–Crippen LogP) is 2.29. The summed E-state index contributed by atoms with van der Waals surface area (Å²) in [7, 11) is 2.52. The molecular weight excluding hydrogens is 520 g/mol. The minimum absolute atomic E-state index is 0.0635. The Morgan fingerprint density at radius 2 is 1.30 bits per heavy atom. The number of rotatable bonds is 5. The number of carbonyl (C=O) groups is 1. The molecule has 0 amide bonds. The molecule has 2 atom stereocenters. The Labute approximate surface area is 225 Å². The minimum Gasteiger partial charge on any atom is -0.507 e. The van der Waals surface area contributed by atoms with Gasteiger partial charge in [0.05, 0.1) is 49.7 Å². The monoisotopic (exact) mass is 546 g/mol. The first-order valence-electron chi connectivity index (χ1n) is 12.6. The lowest BCUT2D eigenvalue weighted by molar-refractivity contribution is -0.124. The summed E-state index contributed by atoms with van der Waals surface area (Å²) < 4.78 is 11.1. The van der Waals surface area contributed by atoms with Crippen LogP contribution in [0.15, 0.2) is 21.7 Å². The van der Waals surface area contributed by atoms with Crippen LogP contribution in [0.2, 0.25) is 0 Å². The number of fused-ring (bicyclic) bond motifs is 1. The Morgan fingerprint density at radius 3 is 1.75 bits per heavy atom. The number of Topliss-reactive ketones (excluding diaryl/α,β-unsaturated/α-hetero) is 1. The average Bonchev–Trinajstić information content (AvgIpc) is 2.99. The van der Waals surface area contributed by atoms with Gasteiger partial charge in [0.1, 0.15) is 17.3 Å². The summed E-state index contributed by atoms with van der Waals surface area (Å²) in [6.07, 6.45) is -0.251. The van der Waals surface area contributed by atoms with Gasteiger partial charge in [0.15, 0.2) is 11.5 Å². The number of benzene rings is 5. The first kappa shape index (κ1) is 26.0. The molecule has 6 rings (SSSR count). The van der Waals surface area contributed by atoms with Crippen molar-refractivity contribution in [2.45, 2.75) is 45.0 Å². The van der Waals surface area contributed by atoms with Crippen molar-refractivity contribution in [3.8, 4) is 23.0 Å². The zero-order valence-electron chi connectivity index (χ0n) is 22.1. The van der Waals surface area contributed by atoms with Crippen molar-refractivity contribution < 1.29 is 39.8 Å². The van der Waals surface area contributed by atoms with Crippen LogP contribution in [0.3, 0.4) is 0 Å². The van der Waals surface area contributed by atoms with Crippen LogP contribution in [0.5, 0.6) is 23.0 Å². The Kier molecular flexibility index (Phi) is 5.44. The Hall–Kier alpha value is -4.25. The molecule has 10 heteroatoms. The second kappa shape index (κ2) is 8.37. The number of phenolic OH excluding ortho intramolecular Hbond substituents is 2. The summed E-state index contributed by atoms with van der Waals surface area (Å²) in [6, 6.07) is 2.47. The van der Waals surface area contributed by atoms with Crippen LogP contribution < -0.4 is 20.3 Å². The van der Waals surface area contributed by atoms with Gasteiger partial charge in [-0.3, -0.25) is 14.4 Å². The first-order valence-corrected chi connectivity index (χ1v) is 12.6. The molecule has 5 aromatic rings. The molecule has 0 bridgehead atoms. The van der Waals surface area contributed by atoms with Crippen LogP contribution in [0, 0.1) is 0 Å². The van der Waals surface area contributed by atoms with Crippen molar-refractivity contribution in [1.82, 2.24) is 0 Å². The summed E-state index contributed by atoms with van der Waals surface area (Å²) in [5.41, 5.74) is -2.57. The van der Waals surface area contributed by atoms with E-state index in [2.05, 4.69) is 0 Å². The topological polar surface area (TPSA) is 171 Å². The van der Waals surface area contributed by atoms with E-state index in [0.717, 1.165) is 0 Å². The van der Waals surface area contributed by atoms with E-state index in [4.69, 9.17) is 9.47 Å². The Morgan fingerprint density at radius 1 is 0.825 bits per heavy atom. The number of ether oxygens (including phenoxy) is 2. The predicted molar refractivity (Wildman–Crippen MR) is 147 cm³/mol. The molecule has 2 unspecified atom stereocenters. The van der Waals surface area contributed by atoms with Gasteiger partial charge in [-0.1, -0.05) is 0 Å². The Balaban J connectivity index is 2.20. The summed E-state index contributed by atoms with van der Waals surface area (Å²) in [4.78, 5) is 41.1. The van der Waals surface area contributed by atoms with Crippen LogP contribution >= 0.6 is 0 Å². The summed E-state index contributed by atoms with van der Waals surface area (Å²) >= 11 is 0. The van der Waals surface area contributed by atoms with Crippen LogP contribution in [0.1, 0.15) is 42.0 Å². The van der Waals surface area contributed by atoms with Crippen molar-refractivity contribution in [1.29, 1.82) is 0 Å². The fourth-order valence-corrected chi connectivity index (χ4v) is 7.04. The van der Waals surface area contributed by atoms with Crippen LogP contribution in [0.25, 0.3) is 43.1 Å². The van der Waals surface area contributed by atoms with Gasteiger partial charge in [0.2, 0.25) is 10.9 Å². The van der Waals surface area contributed by atoms with Gasteiger partial charge in [0, 0.05) is 28.3 Å².